The first-order chi connectivity index (χ1) is 27.0. The number of hydrogen-bond donors (Lipinski definition) is 2. The smallest absolute Gasteiger partial charge is 0.345 e. The summed E-state index contributed by atoms with van der Waals surface area (Å²) in [6, 6.07) is 15.1. The van der Waals surface area contributed by atoms with Crippen molar-refractivity contribution in [3.05, 3.63) is 133 Å². The summed E-state index contributed by atoms with van der Waals surface area (Å²) in [4.78, 5) is 50.4. The van der Waals surface area contributed by atoms with Gasteiger partial charge in [-0.1, -0.05) is 24.3 Å². The van der Waals surface area contributed by atoms with Crippen LogP contribution < -0.4 is 11.2 Å². The minimum atomic E-state index is -2.12. The second kappa shape index (κ2) is 19.4. The Kier molecular flexibility index (Phi) is 15.3. The Morgan fingerprint density at radius 1 is 0.789 bits per heavy atom. The van der Waals surface area contributed by atoms with Crippen LogP contribution in [-0.4, -0.2) is 47.8 Å². The topological polar surface area (TPSA) is 117 Å². The zero-order valence-electron chi connectivity index (χ0n) is 30.0. The van der Waals surface area contributed by atoms with E-state index in [0.717, 1.165) is 45.4 Å². The normalized spacial score (nSPS) is 10.7. The Balaban J connectivity index is 0.000000213. The Labute approximate surface area is 337 Å². The number of rotatable bonds is 8. The van der Waals surface area contributed by atoms with E-state index in [1.54, 1.807) is 43.7 Å². The van der Waals surface area contributed by atoms with Crippen LogP contribution >= 0.6 is 47.5 Å². The lowest BCUT2D eigenvalue weighted by Gasteiger charge is -2.11. The quantitative estimate of drug-likeness (QED) is 0.0147. The number of nitrogens with two attached hydrogens (primary N) is 1. The van der Waals surface area contributed by atoms with E-state index < -0.39 is 85.9 Å². The Morgan fingerprint density at radius 3 is 1.95 bits per heavy atom. The molecule has 2 heterocycles. The van der Waals surface area contributed by atoms with Gasteiger partial charge in [0.1, 0.15) is 16.0 Å². The van der Waals surface area contributed by atoms with Gasteiger partial charge in [0.05, 0.1) is 44.1 Å². The number of fused-ring (bicyclic) bond motifs is 5. The molecule has 0 bridgehead atoms. The van der Waals surface area contributed by atoms with E-state index in [0.29, 0.717) is 16.3 Å². The molecule has 2 N–H and O–H groups in total. The Bertz CT molecular complexity index is 2600. The molecule has 0 aliphatic heterocycles. The number of Topliss-reactive ketones (excluding diaryl/α,β-unsaturated/α-hetero) is 1. The van der Waals surface area contributed by atoms with Crippen LogP contribution in [0.25, 0.3) is 25.9 Å². The molecule has 4 aromatic carbocycles. The summed E-state index contributed by atoms with van der Waals surface area (Å²) in [5.41, 5.74) is 3.37. The third kappa shape index (κ3) is 9.27. The van der Waals surface area contributed by atoms with E-state index >= 15 is 0 Å². The summed E-state index contributed by atoms with van der Waals surface area (Å²) in [6.45, 7) is 3.04. The molecule has 57 heavy (non-hydrogen) atoms. The fourth-order valence-electron chi connectivity index (χ4n) is 5.08. The SMILES string of the molecule is CCOC(=O)C(C(=O)c1cc(F)c(F)c(F)c1F)=C(SC)SC.CCOC(=O)c1c(=O)c2cc(F)c(F)c(F)c2n2c1sc1ccccc12.Nc1ccccc1S. The van der Waals surface area contributed by atoms with Gasteiger partial charge in [0.25, 0.3) is 0 Å². The largest absolute Gasteiger partial charge is 0.462 e. The van der Waals surface area contributed by atoms with Crippen LogP contribution in [0.4, 0.5) is 36.4 Å². The number of carbonyl (C=O) groups is 3. The molecular formula is C38H29F7N2O6S4. The average molecular weight is 871 g/mol. The van der Waals surface area contributed by atoms with Crippen molar-refractivity contribution in [2.75, 3.05) is 31.5 Å². The van der Waals surface area contributed by atoms with E-state index in [9.17, 15) is 49.9 Å². The van der Waals surface area contributed by atoms with Gasteiger partial charge in [-0.25, -0.2) is 40.3 Å². The highest BCUT2D eigenvalue weighted by molar-refractivity contribution is 8.21. The van der Waals surface area contributed by atoms with Crippen molar-refractivity contribution in [1.29, 1.82) is 0 Å². The summed E-state index contributed by atoms with van der Waals surface area (Å²) in [6.07, 6.45) is 3.11. The number of anilines is 1. The molecule has 0 radical (unpaired) electrons. The van der Waals surface area contributed by atoms with Crippen molar-refractivity contribution in [2.45, 2.75) is 18.7 Å². The number of aromatic nitrogens is 1. The number of para-hydroxylation sites is 2. The number of pyridine rings is 1. The number of ether oxygens (including phenoxy) is 2. The number of nitrogen functional groups attached to an aromatic ring is 1. The third-order valence-corrected chi connectivity index (χ3v) is 11.3. The van der Waals surface area contributed by atoms with Crippen LogP contribution in [0, 0.1) is 40.7 Å². The van der Waals surface area contributed by atoms with Gasteiger partial charge in [-0.2, -0.15) is 0 Å². The number of thioether (sulfide) groups is 2. The van der Waals surface area contributed by atoms with Gasteiger partial charge in [0.2, 0.25) is 11.2 Å². The molecule has 19 heteroatoms. The standard InChI is InChI=1S/C18H10F3NO3S.C14H12F4O3S2.C6H7NS/c1-2-25-18(24)12-16(23)8-7-9(19)13(20)14(21)15(8)22-10-5-3-4-6-11(10)26-17(12)22;1-4-21-13(20)8(14(22-2)23-3)12(19)6-5-7(15)10(17)11(18)9(6)16;7-5-3-1-2-4-6(5)8/h3-7H,2H2,1H3;5H,4H2,1-3H3;1-4,8H,7H2. The van der Waals surface area contributed by atoms with Crippen LogP contribution in [0.5, 0.6) is 0 Å². The van der Waals surface area contributed by atoms with Crippen LogP contribution in [0.2, 0.25) is 0 Å². The zero-order chi connectivity index (χ0) is 42.3. The van der Waals surface area contributed by atoms with E-state index in [1.165, 1.54) is 11.3 Å². The number of halogens is 7. The van der Waals surface area contributed by atoms with E-state index in [2.05, 4.69) is 12.6 Å². The van der Waals surface area contributed by atoms with Crippen LogP contribution in [0.15, 0.2) is 80.2 Å². The van der Waals surface area contributed by atoms with Crippen LogP contribution in [0.3, 0.4) is 0 Å². The van der Waals surface area contributed by atoms with Gasteiger partial charge in [0, 0.05) is 10.6 Å². The highest BCUT2D eigenvalue weighted by atomic mass is 32.2. The third-order valence-electron chi connectivity index (χ3n) is 7.61. The predicted molar refractivity (Wildman–Crippen MR) is 212 cm³/mol. The molecule has 0 fully saturated rings. The highest BCUT2D eigenvalue weighted by Crippen LogP contribution is 2.34. The van der Waals surface area contributed by atoms with Gasteiger partial charge in [-0.15, -0.1) is 47.5 Å². The first-order valence-corrected chi connectivity index (χ1v) is 19.9. The first-order valence-electron chi connectivity index (χ1n) is 16.2. The molecule has 6 rings (SSSR count). The van der Waals surface area contributed by atoms with Gasteiger partial charge < -0.3 is 15.2 Å². The van der Waals surface area contributed by atoms with E-state index in [1.807, 2.05) is 24.3 Å². The minimum absolute atomic E-state index is 0.0273. The summed E-state index contributed by atoms with van der Waals surface area (Å²) in [5, 5.41) is -0.425. The monoisotopic (exact) mass is 870 g/mol. The number of carbonyl (C=O) groups excluding carboxylic acids is 3. The van der Waals surface area contributed by atoms with Crippen LogP contribution in [0.1, 0.15) is 34.6 Å². The van der Waals surface area contributed by atoms with Crippen molar-refractivity contribution in [1.82, 2.24) is 4.40 Å². The fraction of sp³-hybridized carbons (Fsp3) is 0.158. The predicted octanol–water partition coefficient (Wildman–Crippen LogP) is 9.75. The average Bonchev–Trinajstić information content (AvgIpc) is 3.57. The molecule has 2 aromatic heterocycles. The maximum Gasteiger partial charge on any atom is 0.345 e. The lowest BCUT2D eigenvalue weighted by atomic mass is 10.0. The number of benzene rings is 4. The van der Waals surface area contributed by atoms with Gasteiger partial charge in [-0.05, 0) is 62.8 Å². The molecule has 0 unspecified atom stereocenters. The van der Waals surface area contributed by atoms with Gasteiger partial charge >= 0.3 is 11.9 Å². The number of hydrogen-bond acceptors (Lipinski definition) is 11. The van der Waals surface area contributed by atoms with Crippen molar-refractivity contribution in [2.24, 2.45) is 0 Å². The number of ketones is 1. The maximum atomic E-state index is 14.6. The van der Waals surface area contributed by atoms with Gasteiger partial charge in [-0.3, -0.25) is 14.0 Å². The second-order valence-electron chi connectivity index (χ2n) is 11.0. The number of thiol groups is 1. The minimum Gasteiger partial charge on any atom is -0.462 e. The number of thiazole rings is 1. The molecule has 300 valence electrons. The molecule has 0 saturated heterocycles. The molecular weight excluding hydrogens is 842 g/mol. The summed E-state index contributed by atoms with van der Waals surface area (Å²) < 4.78 is 107. The molecule has 0 aliphatic carbocycles. The number of nitrogens with zero attached hydrogens (tertiary/aromatic N) is 1. The summed E-state index contributed by atoms with van der Waals surface area (Å²) in [5.74, 6) is -15.6. The van der Waals surface area contributed by atoms with Crippen molar-refractivity contribution in [3.8, 4) is 0 Å². The summed E-state index contributed by atoms with van der Waals surface area (Å²) >= 11 is 7.16. The molecule has 8 nitrogen and oxygen atoms in total. The number of esters is 2. The molecule has 0 amide bonds. The summed E-state index contributed by atoms with van der Waals surface area (Å²) in [7, 11) is 0. The molecule has 0 spiro atoms. The molecule has 0 aliphatic rings. The van der Waals surface area contributed by atoms with Gasteiger partial charge in [0.15, 0.2) is 40.7 Å². The lowest BCUT2D eigenvalue weighted by molar-refractivity contribution is -0.138. The van der Waals surface area contributed by atoms with Crippen molar-refractivity contribution < 1.29 is 54.6 Å². The lowest BCUT2D eigenvalue weighted by Crippen LogP contribution is -2.20. The zero-order valence-corrected chi connectivity index (χ0v) is 33.3. The van der Waals surface area contributed by atoms with Crippen molar-refractivity contribution >= 4 is 96.8 Å². The fourth-order valence-corrected chi connectivity index (χ4v) is 7.85. The van der Waals surface area contributed by atoms with E-state index in [4.69, 9.17) is 15.2 Å². The Morgan fingerprint density at radius 2 is 1.37 bits per heavy atom. The molecule has 0 atom stereocenters. The highest BCUT2D eigenvalue weighted by Gasteiger charge is 2.31. The molecule has 0 saturated carbocycles. The second-order valence-corrected chi connectivity index (χ2v) is 14.4. The Hall–Kier alpha value is -4.98. The van der Waals surface area contributed by atoms with Crippen molar-refractivity contribution in [3.63, 3.8) is 0 Å². The van der Waals surface area contributed by atoms with Crippen LogP contribution in [-0.2, 0) is 14.3 Å². The maximum absolute atomic E-state index is 14.6. The first kappa shape index (κ1) is 44.7. The van der Waals surface area contributed by atoms with E-state index in [-0.39, 0.29) is 33.9 Å². The molecule has 6 aromatic rings.